The van der Waals surface area contributed by atoms with Gasteiger partial charge in [-0.1, -0.05) is 16.9 Å². The number of fused-ring (bicyclic) bond motifs is 1. The topological polar surface area (TPSA) is 191 Å². The molecule has 3 aliphatic rings. The molecule has 0 saturated carbocycles. The number of rotatable bonds is 9. The van der Waals surface area contributed by atoms with Crippen LogP contribution in [0.15, 0.2) is 27.0 Å². The highest BCUT2D eigenvalue weighted by Gasteiger charge is 2.54. The zero-order chi connectivity index (χ0) is 25.4. The molecule has 14 nitrogen and oxygen atoms in total. The molecule has 2 saturated heterocycles. The van der Waals surface area contributed by atoms with Gasteiger partial charge in [0.2, 0.25) is 5.16 Å². The normalized spacial score (nSPS) is 22.1. The first-order valence-electron chi connectivity index (χ1n) is 10.4. The van der Waals surface area contributed by atoms with Crippen molar-refractivity contribution in [1.82, 2.24) is 35.4 Å². The predicted molar refractivity (Wildman–Crippen MR) is 134 cm³/mol. The molecule has 2 atom stereocenters. The predicted octanol–water partition coefficient (Wildman–Crippen LogP) is -0.384. The van der Waals surface area contributed by atoms with Crippen LogP contribution in [0.4, 0.5) is 5.13 Å². The number of thiazole rings is 1. The van der Waals surface area contributed by atoms with Crippen molar-refractivity contribution in [1.29, 1.82) is 0 Å². The van der Waals surface area contributed by atoms with Crippen LogP contribution in [0, 0.1) is 0 Å². The second-order valence-corrected chi connectivity index (χ2v) is 11.8. The van der Waals surface area contributed by atoms with Crippen LogP contribution < -0.4 is 11.1 Å². The van der Waals surface area contributed by atoms with Gasteiger partial charge in [0.25, 0.3) is 11.8 Å². The molecule has 190 valence electrons. The van der Waals surface area contributed by atoms with Crippen LogP contribution >= 0.6 is 46.6 Å². The fourth-order valence-electron chi connectivity index (χ4n) is 3.50. The number of nitrogens with one attached hydrogen (secondary N) is 1. The highest BCUT2D eigenvalue weighted by molar-refractivity contribution is 8.01. The number of aryl methyl sites for hydroxylation is 1. The van der Waals surface area contributed by atoms with Crippen molar-refractivity contribution in [2.24, 2.45) is 12.2 Å². The van der Waals surface area contributed by atoms with Gasteiger partial charge in [-0.15, -0.1) is 28.2 Å². The maximum Gasteiger partial charge on any atom is 0.352 e. The Morgan fingerprint density at radius 2 is 2.22 bits per heavy atom. The highest BCUT2D eigenvalue weighted by Crippen LogP contribution is 2.41. The molecule has 0 aliphatic carbocycles. The van der Waals surface area contributed by atoms with E-state index in [0.29, 0.717) is 22.2 Å². The van der Waals surface area contributed by atoms with E-state index in [1.165, 1.54) is 33.1 Å². The zero-order valence-electron chi connectivity index (χ0n) is 18.6. The molecule has 2 aromatic heterocycles. The number of hydrogen-bond acceptors (Lipinski definition) is 14. The Morgan fingerprint density at radius 1 is 1.42 bits per heavy atom. The molecule has 18 heteroatoms. The number of aromatic nitrogens is 5. The third-order valence-corrected chi connectivity index (χ3v) is 9.70. The summed E-state index contributed by atoms with van der Waals surface area (Å²) in [6.45, 7) is 0. The molecule has 2 amide bonds. The minimum Gasteiger partial charge on any atom is -0.477 e. The van der Waals surface area contributed by atoms with E-state index in [-0.39, 0.29) is 28.3 Å². The molecule has 2 unspecified atom stereocenters. The molecular formula is C18H19N9O5S4. The first-order chi connectivity index (χ1) is 17.3. The number of thioether (sulfide) groups is 3. The summed E-state index contributed by atoms with van der Waals surface area (Å²) in [6.07, 6.45) is -0.0969. The smallest absolute Gasteiger partial charge is 0.352 e. The van der Waals surface area contributed by atoms with Gasteiger partial charge in [0, 0.05) is 35.4 Å². The number of aliphatic carboxylic acids is 1. The van der Waals surface area contributed by atoms with Crippen LogP contribution in [0.2, 0.25) is 0 Å². The minimum absolute atomic E-state index is 0.0798. The number of carbonyl (C=O) groups is 3. The van der Waals surface area contributed by atoms with E-state index < -0.39 is 29.2 Å². The number of anilines is 1. The van der Waals surface area contributed by atoms with Gasteiger partial charge in [0.1, 0.15) is 28.9 Å². The monoisotopic (exact) mass is 569 g/mol. The zero-order valence-corrected chi connectivity index (χ0v) is 21.8. The number of nitrogen functional groups attached to an aromatic ring is 1. The standard InChI is InChI=1S/C18H19N9O5S4/c1-26-18(22-24-25-26)36-3-7-2-34-15-11(14(29)27(15)12(7)16(30)31)21-13(28)10(9-6-35-17(19)20-9)23-32-8-4-33-5-8/h6,8,11,15H,2-5H2,1H3,(H2,19,20)(H,21,28)(H,30,31)/b23-10+. The lowest BCUT2D eigenvalue weighted by atomic mass is 10.0. The molecule has 2 fully saturated rings. The lowest BCUT2D eigenvalue weighted by Crippen LogP contribution is -2.71. The Balaban J connectivity index is 1.30. The van der Waals surface area contributed by atoms with Gasteiger partial charge >= 0.3 is 5.97 Å². The van der Waals surface area contributed by atoms with Crippen LogP contribution in [0.3, 0.4) is 0 Å². The van der Waals surface area contributed by atoms with Crippen molar-refractivity contribution in [3.63, 3.8) is 0 Å². The quantitative estimate of drug-likeness (QED) is 0.153. The summed E-state index contributed by atoms with van der Waals surface area (Å²) in [4.78, 5) is 49.0. The van der Waals surface area contributed by atoms with E-state index >= 15 is 0 Å². The van der Waals surface area contributed by atoms with Gasteiger partial charge in [-0.25, -0.2) is 14.5 Å². The van der Waals surface area contributed by atoms with Crippen molar-refractivity contribution in [2.75, 3.05) is 28.7 Å². The third-order valence-electron chi connectivity index (χ3n) is 5.37. The number of β-lactam (4-membered cyclic amide) rings is 1. The molecular weight excluding hydrogens is 551 g/mol. The van der Waals surface area contributed by atoms with Gasteiger partial charge in [0.05, 0.1) is 0 Å². The molecule has 0 spiro atoms. The Morgan fingerprint density at radius 3 is 2.83 bits per heavy atom. The van der Waals surface area contributed by atoms with Crippen LogP contribution in [0.1, 0.15) is 5.69 Å². The van der Waals surface area contributed by atoms with Crippen LogP contribution in [0.25, 0.3) is 0 Å². The maximum atomic E-state index is 13.1. The fraction of sp³-hybridized carbons (Fsp3) is 0.444. The van der Waals surface area contributed by atoms with E-state index in [1.54, 1.807) is 24.2 Å². The van der Waals surface area contributed by atoms with Crippen LogP contribution in [-0.4, -0.2) is 99.2 Å². The van der Waals surface area contributed by atoms with Crippen LogP contribution in [0.5, 0.6) is 0 Å². The summed E-state index contributed by atoms with van der Waals surface area (Å²) in [5.41, 5.74) is 6.36. The van der Waals surface area contributed by atoms with Crippen molar-refractivity contribution in [2.45, 2.75) is 22.7 Å². The molecule has 0 aromatic carbocycles. The Kier molecular flexibility index (Phi) is 7.09. The number of tetrazole rings is 1. The number of hydrogen-bond donors (Lipinski definition) is 3. The molecule has 36 heavy (non-hydrogen) atoms. The van der Waals surface area contributed by atoms with Crippen molar-refractivity contribution >= 4 is 75.2 Å². The second-order valence-electron chi connectivity index (χ2n) is 7.77. The number of carboxylic acids is 1. The molecule has 3 aliphatic heterocycles. The number of carbonyl (C=O) groups excluding carboxylic acids is 2. The van der Waals surface area contributed by atoms with Crippen molar-refractivity contribution < 1.29 is 24.3 Å². The maximum absolute atomic E-state index is 13.1. The van der Waals surface area contributed by atoms with Crippen molar-refractivity contribution in [3.8, 4) is 0 Å². The third kappa shape index (κ3) is 4.76. The van der Waals surface area contributed by atoms with Crippen molar-refractivity contribution in [3.05, 3.63) is 22.3 Å². The second kappa shape index (κ2) is 10.3. The largest absolute Gasteiger partial charge is 0.477 e. The first-order valence-corrected chi connectivity index (χ1v) is 14.5. The van der Waals surface area contributed by atoms with Gasteiger partial charge in [-0.05, 0) is 16.0 Å². The number of carboxylic acid groups (broad SMARTS) is 1. The van der Waals surface area contributed by atoms with Gasteiger partial charge in [0.15, 0.2) is 10.8 Å². The molecule has 2 aromatic rings. The Hall–Kier alpha value is -2.83. The number of amides is 2. The highest BCUT2D eigenvalue weighted by atomic mass is 32.2. The molecule has 4 N–H and O–H groups in total. The summed E-state index contributed by atoms with van der Waals surface area (Å²) in [5.74, 6) is -0.175. The lowest BCUT2D eigenvalue weighted by molar-refractivity contribution is -0.150. The Bertz CT molecular complexity index is 1270. The molecule has 0 radical (unpaired) electrons. The molecule has 5 rings (SSSR count). The van der Waals surface area contributed by atoms with Gasteiger partial charge in [-0.2, -0.15) is 11.8 Å². The summed E-state index contributed by atoms with van der Waals surface area (Å²) >= 11 is 5.50. The summed E-state index contributed by atoms with van der Waals surface area (Å²) < 4.78 is 1.48. The lowest BCUT2D eigenvalue weighted by Gasteiger charge is -2.49. The van der Waals surface area contributed by atoms with Crippen LogP contribution in [-0.2, 0) is 26.3 Å². The first kappa shape index (κ1) is 24.8. The number of oxime groups is 1. The number of nitrogens with two attached hydrogens (primary N) is 1. The van der Waals surface area contributed by atoms with Gasteiger partial charge in [-0.3, -0.25) is 14.5 Å². The fourth-order valence-corrected chi connectivity index (χ4v) is 6.93. The molecule has 0 bridgehead atoms. The summed E-state index contributed by atoms with van der Waals surface area (Å²) in [5, 5.41) is 29.5. The van der Waals surface area contributed by atoms with E-state index in [0.717, 1.165) is 22.8 Å². The Labute approximate surface area is 220 Å². The van der Waals surface area contributed by atoms with E-state index in [9.17, 15) is 19.5 Å². The van der Waals surface area contributed by atoms with E-state index in [4.69, 9.17) is 10.6 Å². The number of nitrogens with zero attached hydrogens (tertiary/aromatic N) is 7. The average Bonchev–Trinajstić information content (AvgIpc) is 3.44. The summed E-state index contributed by atoms with van der Waals surface area (Å²) in [7, 11) is 1.68. The molecule has 5 heterocycles. The SMILES string of the molecule is Cn1nnnc1SCC1=C(C(=O)O)N2C(=O)C(NC(=O)/C(=N/OC3CSC3)c3csc(N)n3)C2SC1. The van der Waals surface area contributed by atoms with Gasteiger partial charge < -0.3 is 21.0 Å². The summed E-state index contributed by atoms with van der Waals surface area (Å²) in [6, 6.07) is -0.922. The minimum atomic E-state index is -1.21. The van der Waals surface area contributed by atoms with E-state index in [1.807, 2.05) is 0 Å². The van der Waals surface area contributed by atoms with E-state index in [2.05, 4.69) is 31.0 Å². The average molecular weight is 570 g/mol.